The number of fused-ring (bicyclic) bond motifs is 1. The molecule has 1 aromatic heterocycles. The number of nitrogens with zero attached hydrogens (tertiary/aromatic N) is 2. The predicted molar refractivity (Wildman–Crippen MR) is 96.3 cm³/mol. The Morgan fingerprint density at radius 2 is 1.96 bits per heavy atom. The first-order chi connectivity index (χ1) is 12.3. The van der Waals surface area contributed by atoms with Crippen LogP contribution in [0.15, 0.2) is 24.3 Å². The van der Waals surface area contributed by atoms with Gasteiger partial charge in [-0.1, -0.05) is 26.0 Å². The zero-order valence-corrected chi connectivity index (χ0v) is 15.6. The van der Waals surface area contributed by atoms with Gasteiger partial charge in [0.25, 0.3) is 0 Å². The maximum atomic E-state index is 13.1. The molecule has 0 radical (unpaired) electrons. The number of benzene rings is 1. The van der Waals surface area contributed by atoms with Crippen molar-refractivity contribution in [3.05, 3.63) is 58.0 Å². The minimum absolute atomic E-state index is 0.189. The molecule has 0 aliphatic carbocycles. The highest BCUT2D eigenvalue weighted by atomic mass is 19.1. The first kappa shape index (κ1) is 18.3. The van der Waals surface area contributed by atoms with E-state index >= 15 is 0 Å². The Balaban J connectivity index is 2.00. The molecular formula is C21H23FN2O2. The summed E-state index contributed by atoms with van der Waals surface area (Å²) in [4.78, 5) is 4.64. The molecule has 0 spiro atoms. The molecule has 1 aliphatic heterocycles. The van der Waals surface area contributed by atoms with Crippen LogP contribution in [0.3, 0.4) is 0 Å². The number of rotatable bonds is 4. The zero-order valence-electron chi connectivity index (χ0n) is 15.6. The van der Waals surface area contributed by atoms with Crippen LogP contribution in [-0.4, -0.2) is 10.6 Å². The second kappa shape index (κ2) is 7.05. The third-order valence-electron chi connectivity index (χ3n) is 4.57. The van der Waals surface area contributed by atoms with Crippen LogP contribution < -0.4 is 4.74 Å². The number of ether oxygens (including phenoxy) is 2. The average molecular weight is 354 g/mol. The Morgan fingerprint density at radius 3 is 2.58 bits per heavy atom. The lowest BCUT2D eigenvalue weighted by Crippen LogP contribution is -2.33. The summed E-state index contributed by atoms with van der Waals surface area (Å²) < 4.78 is 24.9. The zero-order chi connectivity index (χ0) is 18.9. The van der Waals surface area contributed by atoms with Gasteiger partial charge in [0.05, 0.1) is 17.9 Å². The first-order valence-electron chi connectivity index (χ1n) is 8.77. The highest BCUT2D eigenvalue weighted by Crippen LogP contribution is 2.37. The molecule has 1 aromatic carbocycles. The Hall–Kier alpha value is -2.45. The summed E-state index contributed by atoms with van der Waals surface area (Å²) in [6.07, 6.45) is 0.639. The Labute approximate surface area is 153 Å². The smallest absolute Gasteiger partial charge is 0.232 e. The molecule has 0 saturated heterocycles. The van der Waals surface area contributed by atoms with Crippen molar-refractivity contribution in [2.24, 2.45) is 0 Å². The van der Waals surface area contributed by atoms with Crippen LogP contribution in [0.2, 0.25) is 0 Å². The van der Waals surface area contributed by atoms with Gasteiger partial charge in [-0.3, -0.25) is 0 Å². The standard InChI is InChI=1S/C21H23FN2O2/c1-13(2)19-18-12-26-21(3,4)9-16(18)17(10-23)20(24-19)25-11-14-5-7-15(22)8-6-14/h5-8,13H,9,11-12H2,1-4H3. The van der Waals surface area contributed by atoms with Crippen molar-refractivity contribution >= 4 is 0 Å². The molecule has 0 amide bonds. The van der Waals surface area contributed by atoms with Gasteiger partial charge in [-0.25, -0.2) is 9.37 Å². The summed E-state index contributed by atoms with van der Waals surface area (Å²) in [5.74, 6) is 0.245. The van der Waals surface area contributed by atoms with E-state index in [4.69, 9.17) is 9.47 Å². The minimum atomic E-state index is -0.331. The van der Waals surface area contributed by atoms with E-state index in [1.165, 1.54) is 12.1 Å². The van der Waals surface area contributed by atoms with E-state index in [0.29, 0.717) is 24.5 Å². The lowest BCUT2D eigenvalue weighted by atomic mass is 9.86. The largest absolute Gasteiger partial charge is 0.472 e. The Morgan fingerprint density at radius 1 is 1.27 bits per heavy atom. The highest BCUT2D eigenvalue weighted by Gasteiger charge is 2.32. The van der Waals surface area contributed by atoms with Gasteiger partial charge in [-0.05, 0) is 43.0 Å². The molecule has 0 fully saturated rings. The van der Waals surface area contributed by atoms with E-state index in [0.717, 1.165) is 22.4 Å². The van der Waals surface area contributed by atoms with Crippen molar-refractivity contribution in [2.45, 2.75) is 58.8 Å². The first-order valence-corrected chi connectivity index (χ1v) is 8.77. The third-order valence-corrected chi connectivity index (χ3v) is 4.57. The van der Waals surface area contributed by atoms with Crippen molar-refractivity contribution in [3.8, 4) is 11.9 Å². The van der Waals surface area contributed by atoms with Gasteiger partial charge >= 0.3 is 0 Å². The summed E-state index contributed by atoms with van der Waals surface area (Å²) in [7, 11) is 0. The molecule has 2 heterocycles. The van der Waals surface area contributed by atoms with Gasteiger partial charge in [0.1, 0.15) is 24.1 Å². The van der Waals surface area contributed by atoms with Crippen LogP contribution in [-0.2, 0) is 24.4 Å². The van der Waals surface area contributed by atoms with E-state index in [-0.39, 0.29) is 23.9 Å². The summed E-state index contributed by atoms with van der Waals surface area (Å²) in [5.41, 5.74) is 3.85. The van der Waals surface area contributed by atoms with Crippen molar-refractivity contribution in [3.63, 3.8) is 0 Å². The number of hydrogen-bond acceptors (Lipinski definition) is 4. The fourth-order valence-electron chi connectivity index (χ4n) is 3.20. The molecule has 4 nitrogen and oxygen atoms in total. The molecule has 136 valence electrons. The second-order valence-corrected chi connectivity index (χ2v) is 7.54. The fraction of sp³-hybridized carbons (Fsp3) is 0.429. The number of aromatic nitrogens is 1. The van der Waals surface area contributed by atoms with E-state index in [1.807, 2.05) is 13.8 Å². The quantitative estimate of drug-likeness (QED) is 0.802. The molecule has 5 heteroatoms. The summed E-state index contributed by atoms with van der Waals surface area (Å²) in [5, 5.41) is 9.75. The van der Waals surface area contributed by atoms with Gasteiger partial charge in [-0.2, -0.15) is 5.26 Å². The molecule has 0 unspecified atom stereocenters. The average Bonchev–Trinajstić information content (AvgIpc) is 2.59. The summed E-state index contributed by atoms with van der Waals surface area (Å²) in [6, 6.07) is 8.39. The minimum Gasteiger partial charge on any atom is -0.472 e. The van der Waals surface area contributed by atoms with Gasteiger partial charge < -0.3 is 9.47 Å². The SMILES string of the molecule is CC(C)c1nc(OCc2ccc(F)cc2)c(C#N)c2c1COC(C)(C)C2. The molecular weight excluding hydrogens is 331 g/mol. The van der Waals surface area contributed by atoms with Crippen molar-refractivity contribution in [1.82, 2.24) is 4.98 Å². The van der Waals surface area contributed by atoms with Gasteiger partial charge in [0.15, 0.2) is 0 Å². The topological polar surface area (TPSA) is 55.1 Å². The molecule has 26 heavy (non-hydrogen) atoms. The van der Waals surface area contributed by atoms with Crippen LogP contribution in [0.1, 0.15) is 61.6 Å². The lowest BCUT2D eigenvalue weighted by Gasteiger charge is -2.34. The molecule has 0 bridgehead atoms. The van der Waals surface area contributed by atoms with Crippen LogP contribution in [0.5, 0.6) is 5.88 Å². The van der Waals surface area contributed by atoms with Crippen molar-refractivity contribution in [1.29, 1.82) is 5.26 Å². The monoisotopic (exact) mass is 354 g/mol. The van der Waals surface area contributed by atoms with E-state index in [1.54, 1.807) is 12.1 Å². The van der Waals surface area contributed by atoms with Gasteiger partial charge in [0.2, 0.25) is 5.88 Å². The molecule has 0 N–H and O–H groups in total. The number of halogens is 1. The van der Waals surface area contributed by atoms with Crippen LogP contribution in [0.25, 0.3) is 0 Å². The highest BCUT2D eigenvalue weighted by molar-refractivity contribution is 5.52. The number of pyridine rings is 1. The molecule has 2 aromatic rings. The maximum Gasteiger partial charge on any atom is 0.232 e. The van der Waals surface area contributed by atoms with E-state index < -0.39 is 0 Å². The summed E-state index contributed by atoms with van der Waals surface area (Å²) >= 11 is 0. The van der Waals surface area contributed by atoms with Gasteiger partial charge in [-0.15, -0.1) is 0 Å². The molecule has 1 aliphatic rings. The summed E-state index contributed by atoms with van der Waals surface area (Å²) in [6.45, 7) is 8.86. The molecule has 0 atom stereocenters. The van der Waals surface area contributed by atoms with Crippen LogP contribution in [0, 0.1) is 17.1 Å². The fourth-order valence-corrected chi connectivity index (χ4v) is 3.20. The second-order valence-electron chi connectivity index (χ2n) is 7.54. The lowest BCUT2D eigenvalue weighted by molar-refractivity contribution is -0.0409. The van der Waals surface area contributed by atoms with Crippen molar-refractivity contribution in [2.75, 3.05) is 0 Å². The van der Waals surface area contributed by atoms with Crippen molar-refractivity contribution < 1.29 is 13.9 Å². The third kappa shape index (κ3) is 3.71. The number of nitriles is 1. The number of hydrogen-bond donors (Lipinski definition) is 0. The van der Waals surface area contributed by atoms with E-state index in [2.05, 4.69) is 24.9 Å². The van der Waals surface area contributed by atoms with Crippen LogP contribution >= 0.6 is 0 Å². The predicted octanol–water partition coefficient (Wildman–Crippen LogP) is 4.65. The van der Waals surface area contributed by atoms with Gasteiger partial charge in [0, 0.05) is 12.0 Å². The Bertz CT molecular complexity index is 852. The van der Waals surface area contributed by atoms with E-state index in [9.17, 15) is 9.65 Å². The maximum absolute atomic E-state index is 13.1. The molecule has 3 rings (SSSR count). The Kier molecular flexibility index (Phi) is 4.97. The molecule has 0 saturated carbocycles. The van der Waals surface area contributed by atoms with Crippen LogP contribution in [0.4, 0.5) is 4.39 Å². The normalized spacial score (nSPS) is 15.4.